The lowest BCUT2D eigenvalue weighted by Gasteiger charge is -2.22. The number of halogens is 1. The molecule has 1 N–H and O–H groups in total. The Labute approximate surface area is 140 Å². The molecule has 22 heavy (non-hydrogen) atoms. The molecule has 0 heterocycles. The minimum Gasteiger partial charge on any atom is -0.342 e. The van der Waals surface area contributed by atoms with Gasteiger partial charge < -0.3 is 10.2 Å². The molecule has 1 aromatic rings. The molecular weight excluding hydrogens is 346 g/mol. The summed E-state index contributed by atoms with van der Waals surface area (Å²) in [6, 6.07) is 5.69. The Balaban J connectivity index is 2.52. The predicted molar refractivity (Wildman–Crippen MR) is 92.9 cm³/mol. The van der Waals surface area contributed by atoms with E-state index in [4.69, 9.17) is 0 Å². The minimum absolute atomic E-state index is 0.0418. The highest BCUT2D eigenvalue weighted by Crippen LogP contribution is 2.19. The van der Waals surface area contributed by atoms with Gasteiger partial charge in [0.15, 0.2) is 0 Å². The summed E-state index contributed by atoms with van der Waals surface area (Å²) in [5.41, 5.74) is 1.78. The van der Waals surface area contributed by atoms with E-state index in [0.29, 0.717) is 13.1 Å². The van der Waals surface area contributed by atoms with Crippen LogP contribution in [0, 0.1) is 6.92 Å². The van der Waals surface area contributed by atoms with Gasteiger partial charge in [-0.05, 0) is 51.6 Å². The highest BCUT2D eigenvalue weighted by atomic mass is 79.9. The van der Waals surface area contributed by atoms with Crippen LogP contribution in [-0.4, -0.2) is 54.8 Å². The Morgan fingerprint density at radius 2 is 1.82 bits per heavy atom. The number of nitrogens with one attached hydrogen (secondary N) is 1. The fraction of sp³-hybridized carbons (Fsp3) is 0.500. The summed E-state index contributed by atoms with van der Waals surface area (Å²) < 4.78 is 0.977. The van der Waals surface area contributed by atoms with Crippen LogP contribution < -0.4 is 5.32 Å². The van der Waals surface area contributed by atoms with E-state index in [1.54, 1.807) is 16.8 Å². The molecule has 6 heteroatoms. The monoisotopic (exact) mass is 369 g/mol. The molecule has 0 bridgehead atoms. The fourth-order valence-corrected chi connectivity index (χ4v) is 2.64. The van der Waals surface area contributed by atoms with Gasteiger partial charge in [-0.1, -0.05) is 15.9 Å². The molecule has 0 atom stereocenters. The number of nitrogens with zero attached hydrogens (tertiary/aromatic N) is 2. The zero-order chi connectivity index (χ0) is 16.7. The summed E-state index contributed by atoms with van der Waals surface area (Å²) in [6.45, 7) is 7.64. The summed E-state index contributed by atoms with van der Waals surface area (Å²) in [6.07, 6.45) is 0. The average Bonchev–Trinajstić information content (AvgIpc) is 2.43. The fourth-order valence-electron chi connectivity index (χ4n) is 2.17. The quantitative estimate of drug-likeness (QED) is 0.803. The van der Waals surface area contributed by atoms with Gasteiger partial charge in [0.05, 0.1) is 13.1 Å². The predicted octanol–water partition coefficient (Wildman–Crippen LogP) is 2.50. The van der Waals surface area contributed by atoms with Crippen LogP contribution >= 0.6 is 15.9 Å². The number of hydrogen-bond donors (Lipinski definition) is 1. The molecule has 1 aromatic carbocycles. The minimum atomic E-state index is -0.125. The van der Waals surface area contributed by atoms with E-state index in [1.807, 2.05) is 39.0 Å². The number of aryl methyl sites for hydroxylation is 1. The van der Waals surface area contributed by atoms with Crippen molar-refractivity contribution in [1.82, 2.24) is 9.80 Å². The molecule has 0 aliphatic rings. The number of hydrogen-bond acceptors (Lipinski definition) is 3. The first-order valence-corrected chi connectivity index (χ1v) is 8.19. The van der Waals surface area contributed by atoms with Gasteiger partial charge in [-0.25, -0.2) is 0 Å². The van der Waals surface area contributed by atoms with E-state index in [0.717, 1.165) is 15.7 Å². The molecule has 0 radical (unpaired) electrons. The van der Waals surface area contributed by atoms with Crippen LogP contribution in [0.4, 0.5) is 5.69 Å². The first-order valence-electron chi connectivity index (χ1n) is 7.39. The first-order chi connectivity index (χ1) is 10.4. The maximum absolute atomic E-state index is 12.1. The molecule has 1 rings (SSSR count). The van der Waals surface area contributed by atoms with Crippen LogP contribution in [0.3, 0.4) is 0 Å². The number of benzene rings is 1. The molecule has 0 aromatic heterocycles. The molecule has 0 aliphatic carbocycles. The zero-order valence-electron chi connectivity index (χ0n) is 13.6. The third-order valence-electron chi connectivity index (χ3n) is 3.40. The van der Waals surface area contributed by atoms with E-state index in [-0.39, 0.29) is 24.9 Å². The summed E-state index contributed by atoms with van der Waals surface area (Å²) in [5, 5.41) is 2.87. The van der Waals surface area contributed by atoms with Crippen molar-refractivity contribution in [1.29, 1.82) is 0 Å². The van der Waals surface area contributed by atoms with Crippen LogP contribution in [0.15, 0.2) is 22.7 Å². The van der Waals surface area contributed by atoms with E-state index in [9.17, 15) is 9.59 Å². The molecule has 5 nitrogen and oxygen atoms in total. The van der Waals surface area contributed by atoms with Gasteiger partial charge in [-0.15, -0.1) is 0 Å². The van der Waals surface area contributed by atoms with E-state index < -0.39 is 0 Å². The smallest absolute Gasteiger partial charge is 0.238 e. The van der Waals surface area contributed by atoms with Crippen molar-refractivity contribution in [2.45, 2.75) is 20.8 Å². The number of carbonyl (C=O) groups is 2. The lowest BCUT2D eigenvalue weighted by Crippen LogP contribution is -2.41. The molecule has 0 spiro atoms. The molecule has 0 saturated carbocycles. The molecular formula is C16H24BrN3O2. The van der Waals surface area contributed by atoms with Crippen molar-refractivity contribution in [3.63, 3.8) is 0 Å². The van der Waals surface area contributed by atoms with E-state index >= 15 is 0 Å². The SMILES string of the molecule is CCN(CC)C(=O)CN(C)CC(=O)Nc1ccc(Br)cc1C. The Bertz CT molecular complexity index is 530. The largest absolute Gasteiger partial charge is 0.342 e. The van der Waals surface area contributed by atoms with Crippen LogP contribution in [0.1, 0.15) is 19.4 Å². The number of amides is 2. The lowest BCUT2D eigenvalue weighted by molar-refractivity contribution is -0.132. The van der Waals surface area contributed by atoms with Crippen LogP contribution in [0.5, 0.6) is 0 Å². The van der Waals surface area contributed by atoms with Gasteiger partial charge >= 0.3 is 0 Å². The second kappa shape index (κ2) is 8.90. The standard InChI is InChI=1S/C16H24BrN3O2/c1-5-20(6-2)16(22)11-19(4)10-15(21)18-14-8-7-13(17)9-12(14)3/h7-9H,5-6,10-11H2,1-4H3,(H,18,21). The number of rotatable bonds is 7. The highest BCUT2D eigenvalue weighted by molar-refractivity contribution is 9.10. The Morgan fingerprint density at radius 3 is 2.36 bits per heavy atom. The maximum Gasteiger partial charge on any atom is 0.238 e. The molecule has 122 valence electrons. The topological polar surface area (TPSA) is 52.7 Å². The van der Waals surface area contributed by atoms with Crippen molar-refractivity contribution in [3.8, 4) is 0 Å². The van der Waals surface area contributed by atoms with Crippen LogP contribution in [0.2, 0.25) is 0 Å². The number of likely N-dealkylation sites (N-methyl/N-ethyl adjacent to an activating group) is 2. The summed E-state index contributed by atoms with van der Waals surface area (Å²) in [4.78, 5) is 27.5. The average molecular weight is 370 g/mol. The van der Waals surface area contributed by atoms with Crippen molar-refractivity contribution in [2.75, 3.05) is 38.5 Å². The molecule has 0 saturated heterocycles. The van der Waals surface area contributed by atoms with Crippen molar-refractivity contribution < 1.29 is 9.59 Å². The first kappa shape index (κ1) is 18.6. The van der Waals surface area contributed by atoms with Crippen molar-refractivity contribution in [3.05, 3.63) is 28.2 Å². The van der Waals surface area contributed by atoms with E-state index in [2.05, 4.69) is 21.2 Å². The number of anilines is 1. The molecule has 2 amide bonds. The second-order valence-corrected chi connectivity index (χ2v) is 6.16. The van der Waals surface area contributed by atoms with Gasteiger partial charge in [0.1, 0.15) is 0 Å². The van der Waals surface area contributed by atoms with Gasteiger partial charge in [0, 0.05) is 23.2 Å². The lowest BCUT2D eigenvalue weighted by atomic mass is 10.2. The third-order valence-corrected chi connectivity index (χ3v) is 3.89. The maximum atomic E-state index is 12.1. The summed E-state index contributed by atoms with van der Waals surface area (Å²) >= 11 is 3.39. The highest BCUT2D eigenvalue weighted by Gasteiger charge is 2.15. The van der Waals surface area contributed by atoms with Gasteiger partial charge in [-0.3, -0.25) is 14.5 Å². The van der Waals surface area contributed by atoms with Gasteiger partial charge in [-0.2, -0.15) is 0 Å². The van der Waals surface area contributed by atoms with Crippen molar-refractivity contribution in [2.24, 2.45) is 0 Å². The normalized spacial score (nSPS) is 10.6. The summed E-state index contributed by atoms with van der Waals surface area (Å²) in [7, 11) is 1.77. The third kappa shape index (κ3) is 5.77. The van der Waals surface area contributed by atoms with Crippen LogP contribution in [-0.2, 0) is 9.59 Å². The molecule has 0 unspecified atom stereocenters. The molecule has 0 fully saturated rings. The molecule has 0 aliphatic heterocycles. The van der Waals surface area contributed by atoms with Crippen LogP contribution in [0.25, 0.3) is 0 Å². The van der Waals surface area contributed by atoms with Gasteiger partial charge in [0.2, 0.25) is 11.8 Å². The van der Waals surface area contributed by atoms with E-state index in [1.165, 1.54) is 0 Å². The number of carbonyl (C=O) groups excluding carboxylic acids is 2. The Hall–Kier alpha value is -1.40. The zero-order valence-corrected chi connectivity index (χ0v) is 15.2. The Kier molecular flexibility index (Phi) is 7.55. The second-order valence-electron chi connectivity index (χ2n) is 5.25. The Morgan fingerprint density at radius 1 is 1.18 bits per heavy atom. The van der Waals surface area contributed by atoms with Gasteiger partial charge in [0.25, 0.3) is 0 Å². The summed E-state index contributed by atoms with van der Waals surface area (Å²) in [5.74, 6) is -0.0830. The van der Waals surface area contributed by atoms with Crippen molar-refractivity contribution >= 4 is 33.4 Å².